The maximum Gasteiger partial charge on any atom is 0.283 e. The van der Waals surface area contributed by atoms with Crippen molar-refractivity contribution in [1.29, 1.82) is 0 Å². The van der Waals surface area contributed by atoms with Gasteiger partial charge < -0.3 is 10.0 Å². The third-order valence-corrected chi connectivity index (χ3v) is 3.47. The summed E-state index contributed by atoms with van der Waals surface area (Å²) in [6.07, 6.45) is 1.30. The maximum atomic E-state index is 11.9. The van der Waals surface area contributed by atoms with Crippen molar-refractivity contribution in [2.75, 3.05) is 13.1 Å². The van der Waals surface area contributed by atoms with Gasteiger partial charge in [0.25, 0.3) is 5.91 Å². The van der Waals surface area contributed by atoms with Crippen molar-refractivity contribution in [2.45, 2.75) is 6.10 Å². The summed E-state index contributed by atoms with van der Waals surface area (Å²) < 4.78 is 0. The van der Waals surface area contributed by atoms with Gasteiger partial charge in [0.05, 0.1) is 6.10 Å². The van der Waals surface area contributed by atoms with Crippen molar-refractivity contribution in [3.63, 3.8) is 0 Å². The summed E-state index contributed by atoms with van der Waals surface area (Å²) in [5.41, 5.74) is 0.747. The highest BCUT2D eigenvalue weighted by atomic mass is 32.1. The van der Waals surface area contributed by atoms with E-state index in [0.29, 0.717) is 18.1 Å². The number of β-amino-alcohol motifs (C(OH)–C–C–N with tert-alkyl or cyclic N) is 1. The smallest absolute Gasteiger partial charge is 0.283 e. The van der Waals surface area contributed by atoms with E-state index in [0.717, 1.165) is 10.3 Å². The zero-order chi connectivity index (χ0) is 11.1. The van der Waals surface area contributed by atoms with Crippen LogP contribution >= 0.6 is 11.3 Å². The average molecular weight is 235 g/mol. The van der Waals surface area contributed by atoms with Crippen LogP contribution in [0.4, 0.5) is 0 Å². The Bertz CT molecular complexity index is 515. The monoisotopic (exact) mass is 235 g/mol. The summed E-state index contributed by atoms with van der Waals surface area (Å²) in [6.45, 7) is 0.810. The highest BCUT2D eigenvalue weighted by Crippen LogP contribution is 2.22. The molecule has 0 atom stereocenters. The van der Waals surface area contributed by atoms with Crippen molar-refractivity contribution >= 4 is 27.6 Å². The van der Waals surface area contributed by atoms with Gasteiger partial charge in [-0.2, -0.15) is 0 Å². The number of fused-ring (bicyclic) bond motifs is 1. The van der Waals surface area contributed by atoms with Crippen LogP contribution in [0.5, 0.6) is 0 Å². The predicted molar refractivity (Wildman–Crippen MR) is 59.3 cm³/mol. The lowest BCUT2D eigenvalue weighted by molar-refractivity contribution is 0.00589. The topological polar surface area (TPSA) is 66.3 Å². The molecule has 1 N–H and O–H groups in total. The molecule has 0 spiro atoms. The fraction of sp³-hybridized carbons (Fsp3) is 0.300. The standard InChI is InChI=1S/C10H9N3O2S/c14-6-4-13(5-6)10(15)9-12-7-2-1-3-11-8(7)16-9/h1-3,6,14H,4-5H2. The van der Waals surface area contributed by atoms with Gasteiger partial charge in [-0.1, -0.05) is 11.3 Å². The first-order valence-corrected chi connectivity index (χ1v) is 5.74. The number of aromatic nitrogens is 2. The normalized spacial score (nSPS) is 16.4. The second-order valence-electron chi connectivity index (χ2n) is 3.71. The Kier molecular flexibility index (Phi) is 2.12. The van der Waals surface area contributed by atoms with E-state index in [-0.39, 0.29) is 12.0 Å². The summed E-state index contributed by atoms with van der Waals surface area (Å²) in [5.74, 6) is -0.117. The molecule has 0 aromatic carbocycles. The molecule has 3 rings (SSSR count). The number of nitrogens with zero attached hydrogens (tertiary/aromatic N) is 3. The molecule has 2 aromatic rings. The molecule has 0 radical (unpaired) electrons. The Hall–Kier alpha value is -1.53. The molecule has 82 valence electrons. The number of aliphatic hydroxyl groups is 1. The summed E-state index contributed by atoms with van der Waals surface area (Å²) in [6, 6.07) is 3.63. The van der Waals surface area contributed by atoms with Gasteiger partial charge in [-0.15, -0.1) is 0 Å². The number of hydrogen-bond donors (Lipinski definition) is 1. The van der Waals surface area contributed by atoms with E-state index in [1.165, 1.54) is 11.3 Å². The zero-order valence-electron chi connectivity index (χ0n) is 8.33. The van der Waals surface area contributed by atoms with E-state index in [9.17, 15) is 4.79 Å². The minimum absolute atomic E-state index is 0.117. The van der Waals surface area contributed by atoms with Crippen LogP contribution in [-0.4, -0.2) is 45.1 Å². The molecule has 5 nitrogen and oxygen atoms in total. The Morgan fingerprint density at radius 2 is 2.38 bits per heavy atom. The third-order valence-electron chi connectivity index (χ3n) is 2.50. The SMILES string of the molecule is O=C(c1nc2cccnc2s1)N1CC(O)C1. The Morgan fingerprint density at radius 1 is 1.56 bits per heavy atom. The van der Waals surface area contributed by atoms with Crippen molar-refractivity contribution in [2.24, 2.45) is 0 Å². The van der Waals surface area contributed by atoms with Crippen molar-refractivity contribution < 1.29 is 9.90 Å². The van der Waals surface area contributed by atoms with Gasteiger partial charge in [0.1, 0.15) is 10.3 Å². The number of aliphatic hydroxyl groups excluding tert-OH is 1. The van der Waals surface area contributed by atoms with Gasteiger partial charge in [-0.25, -0.2) is 9.97 Å². The van der Waals surface area contributed by atoms with Gasteiger partial charge >= 0.3 is 0 Å². The molecule has 0 aliphatic carbocycles. The highest BCUT2D eigenvalue weighted by Gasteiger charge is 2.31. The Balaban J connectivity index is 1.91. The Labute approximate surface area is 95.4 Å². The van der Waals surface area contributed by atoms with Gasteiger partial charge in [0.2, 0.25) is 0 Å². The van der Waals surface area contributed by atoms with E-state index in [1.54, 1.807) is 17.2 Å². The first-order valence-electron chi connectivity index (χ1n) is 4.93. The number of thiazole rings is 1. The van der Waals surface area contributed by atoms with Crippen LogP contribution < -0.4 is 0 Å². The molecule has 6 heteroatoms. The largest absolute Gasteiger partial charge is 0.389 e. The van der Waals surface area contributed by atoms with Crippen LogP contribution in [0.1, 0.15) is 9.80 Å². The molecule has 1 aliphatic rings. The van der Waals surface area contributed by atoms with E-state index < -0.39 is 0 Å². The summed E-state index contributed by atoms with van der Waals surface area (Å²) in [4.78, 5) is 22.6. The van der Waals surface area contributed by atoms with Crippen molar-refractivity contribution in [1.82, 2.24) is 14.9 Å². The second kappa shape index (κ2) is 3.50. The molecule has 0 saturated carbocycles. The van der Waals surface area contributed by atoms with E-state index in [4.69, 9.17) is 5.11 Å². The highest BCUT2D eigenvalue weighted by molar-refractivity contribution is 7.19. The third kappa shape index (κ3) is 1.46. The quantitative estimate of drug-likeness (QED) is 0.782. The molecule has 1 fully saturated rings. The lowest BCUT2D eigenvalue weighted by Crippen LogP contribution is -2.53. The lowest BCUT2D eigenvalue weighted by Gasteiger charge is -2.35. The van der Waals surface area contributed by atoms with Crippen LogP contribution in [0.3, 0.4) is 0 Å². The zero-order valence-corrected chi connectivity index (χ0v) is 9.15. The van der Waals surface area contributed by atoms with Crippen LogP contribution in [-0.2, 0) is 0 Å². The number of carbonyl (C=O) groups excluding carboxylic acids is 1. The molecule has 1 amide bonds. The molecule has 2 aromatic heterocycles. The van der Waals surface area contributed by atoms with Crippen molar-refractivity contribution in [3.05, 3.63) is 23.3 Å². The number of pyridine rings is 1. The molecule has 1 aliphatic heterocycles. The number of amides is 1. The predicted octanol–water partition coefficient (Wildman–Crippen LogP) is 0.508. The number of rotatable bonds is 1. The molecule has 0 unspecified atom stereocenters. The summed E-state index contributed by atoms with van der Waals surface area (Å²) in [5, 5.41) is 9.58. The van der Waals surface area contributed by atoms with E-state index in [1.807, 2.05) is 6.07 Å². The number of hydrogen-bond acceptors (Lipinski definition) is 5. The first-order chi connectivity index (χ1) is 7.74. The maximum absolute atomic E-state index is 11.9. The van der Waals surface area contributed by atoms with Crippen LogP contribution in [0, 0.1) is 0 Å². The molecule has 1 saturated heterocycles. The van der Waals surface area contributed by atoms with Crippen LogP contribution in [0.15, 0.2) is 18.3 Å². The molecule has 16 heavy (non-hydrogen) atoms. The first kappa shape index (κ1) is 9.68. The lowest BCUT2D eigenvalue weighted by atomic mass is 10.2. The van der Waals surface area contributed by atoms with Gasteiger partial charge in [-0.05, 0) is 12.1 Å². The Morgan fingerprint density at radius 3 is 3.06 bits per heavy atom. The van der Waals surface area contributed by atoms with Gasteiger partial charge in [0.15, 0.2) is 5.01 Å². The number of carbonyl (C=O) groups is 1. The van der Waals surface area contributed by atoms with Crippen LogP contribution in [0.25, 0.3) is 10.3 Å². The molecular weight excluding hydrogens is 226 g/mol. The molecular formula is C10H9N3O2S. The average Bonchev–Trinajstić information content (AvgIpc) is 2.67. The van der Waals surface area contributed by atoms with Crippen molar-refractivity contribution in [3.8, 4) is 0 Å². The minimum atomic E-state index is -0.378. The summed E-state index contributed by atoms with van der Waals surface area (Å²) >= 11 is 1.29. The van der Waals surface area contributed by atoms with Gasteiger partial charge in [0, 0.05) is 19.3 Å². The summed E-state index contributed by atoms with van der Waals surface area (Å²) in [7, 11) is 0. The fourth-order valence-electron chi connectivity index (χ4n) is 1.62. The molecule has 3 heterocycles. The second-order valence-corrected chi connectivity index (χ2v) is 4.69. The fourth-order valence-corrected chi connectivity index (χ4v) is 2.49. The molecule has 0 bridgehead atoms. The van der Waals surface area contributed by atoms with Gasteiger partial charge in [-0.3, -0.25) is 4.79 Å². The van der Waals surface area contributed by atoms with E-state index >= 15 is 0 Å². The number of likely N-dealkylation sites (tertiary alicyclic amines) is 1. The van der Waals surface area contributed by atoms with E-state index in [2.05, 4.69) is 9.97 Å². The van der Waals surface area contributed by atoms with Crippen LogP contribution in [0.2, 0.25) is 0 Å². The minimum Gasteiger partial charge on any atom is -0.389 e.